The topological polar surface area (TPSA) is 52.6 Å². The molecule has 120 valence electrons. The van der Waals surface area contributed by atoms with Crippen molar-refractivity contribution in [1.82, 2.24) is 0 Å². The zero-order valence-corrected chi connectivity index (χ0v) is 13.3. The Bertz CT molecular complexity index is 491. The molecule has 1 aromatic rings. The monoisotopic (exact) mass is 304 g/mol. The fraction of sp³-hybridized carbons (Fsp3) is 0.444. The van der Waals surface area contributed by atoms with Crippen molar-refractivity contribution in [2.24, 2.45) is 0 Å². The molecule has 0 heterocycles. The Morgan fingerprint density at radius 2 is 1.59 bits per heavy atom. The predicted molar refractivity (Wildman–Crippen MR) is 86.2 cm³/mol. The lowest BCUT2D eigenvalue weighted by Crippen LogP contribution is -2.07. The van der Waals surface area contributed by atoms with Crippen molar-refractivity contribution < 1.29 is 19.1 Å². The maximum Gasteiger partial charge on any atom is 0.331 e. The number of benzene rings is 1. The van der Waals surface area contributed by atoms with Crippen LogP contribution in [0.3, 0.4) is 0 Å². The van der Waals surface area contributed by atoms with E-state index in [0.717, 1.165) is 24.0 Å². The Labute approximate surface area is 132 Å². The zero-order chi connectivity index (χ0) is 16.2. The van der Waals surface area contributed by atoms with E-state index in [-0.39, 0.29) is 18.4 Å². The summed E-state index contributed by atoms with van der Waals surface area (Å²) in [7, 11) is 0. The smallest absolute Gasteiger partial charge is 0.331 e. The summed E-state index contributed by atoms with van der Waals surface area (Å²) in [6.07, 6.45) is 3.76. The molecule has 0 saturated carbocycles. The van der Waals surface area contributed by atoms with Crippen LogP contribution >= 0.6 is 0 Å². The molecule has 1 rings (SSSR count). The predicted octanol–water partition coefficient (Wildman–Crippen LogP) is 3.76. The van der Waals surface area contributed by atoms with E-state index in [9.17, 15) is 9.59 Å². The molecule has 0 aliphatic carbocycles. The summed E-state index contributed by atoms with van der Waals surface area (Å²) in [5, 5.41) is 0. The number of allylic oxidation sites excluding steroid dienone is 1. The van der Waals surface area contributed by atoms with Gasteiger partial charge in [-0.2, -0.15) is 0 Å². The van der Waals surface area contributed by atoms with Gasteiger partial charge in [0.05, 0.1) is 13.2 Å². The first-order valence-electron chi connectivity index (χ1n) is 7.75. The molecule has 22 heavy (non-hydrogen) atoms. The van der Waals surface area contributed by atoms with Crippen molar-refractivity contribution in [3.05, 3.63) is 42.0 Å². The van der Waals surface area contributed by atoms with Gasteiger partial charge in [0.15, 0.2) is 0 Å². The summed E-state index contributed by atoms with van der Waals surface area (Å²) in [5.41, 5.74) is 1.70. The number of carbonyl (C=O) groups excluding carboxylic acids is 2. The van der Waals surface area contributed by atoms with Crippen molar-refractivity contribution in [2.75, 3.05) is 13.2 Å². The fourth-order valence-electron chi connectivity index (χ4n) is 1.86. The Morgan fingerprint density at radius 3 is 2.23 bits per heavy atom. The van der Waals surface area contributed by atoms with Crippen molar-refractivity contribution in [3.63, 3.8) is 0 Å². The highest BCUT2D eigenvalue weighted by atomic mass is 16.5. The van der Waals surface area contributed by atoms with Crippen LogP contribution in [0.15, 0.2) is 36.4 Å². The highest BCUT2D eigenvalue weighted by molar-refractivity contribution is 5.92. The van der Waals surface area contributed by atoms with Crippen molar-refractivity contribution >= 4 is 17.5 Å². The average molecular weight is 304 g/mol. The molecule has 0 bridgehead atoms. The van der Waals surface area contributed by atoms with E-state index in [1.54, 1.807) is 0 Å². The van der Waals surface area contributed by atoms with Crippen LogP contribution in [0, 0.1) is 0 Å². The number of carbonyl (C=O) groups is 2. The van der Waals surface area contributed by atoms with E-state index in [1.165, 1.54) is 6.08 Å². The number of rotatable bonds is 9. The summed E-state index contributed by atoms with van der Waals surface area (Å²) >= 11 is 0. The quantitative estimate of drug-likeness (QED) is 0.515. The number of ether oxygens (including phenoxy) is 2. The van der Waals surface area contributed by atoms with Gasteiger partial charge in [-0.1, -0.05) is 44.2 Å². The summed E-state index contributed by atoms with van der Waals surface area (Å²) in [6.45, 7) is 4.73. The highest BCUT2D eigenvalue weighted by Gasteiger charge is 2.09. The van der Waals surface area contributed by atoms with Crippen LogP contribution in [0.5, 0.6) is 0 Å². The normalized spacial score (nSPS) is 11.1. The second-order valence-corrected chi connectivity index (χ2v) is 4.92. The van der Waals surface area contributed by atoms with E-state index >= 15 is 0 Å². The van der Waals surface area contributed by atoms with E-state index < -0.39 is 0 Å². The van der Waals surface area contributed by atoms with E-state index in [0.29, 0.717) is 19.6 Å². The minimum Gasteiger partial charge on any atom is -0.466 e. The van der Waals surface area contributed by atoms with Crippen molar-refractivity contribution in [3.8, 4) is 0 Å². The van der Waals surface area contributed by atoms with E-state index in [1.807, 2.05) is 44.2 Å². The van der Waals surface area contributed by atoms with Gasteiger partial charge in [0.25, 0.3) is 0 Å². The van der Waals surface area contributed by atoms with E-state index in [4.69, 9.17) is 9.47 Å². The second kappa shape index (κ2) is 10.6. The standard InChI is InChI=1S/C18H24O4/c1-3-12-21-17(19)11-10-16(14-18(20)22-13-4-2)15-8-6-5-7-9-15/h5-9,14H,3-4,10-13H2,1-2H3/b16-14-. The second-order valence-electron chi connectivity index (χ2n) is 4.92. The van der Waals surface area contributed by atoms with Gasteiger partial charge in [0.2, 0.25) is 0 Å². The molecule has 0 radical (unpaired) electrons. The summed E-state index contributed by atoms with van der Waals surface area (Å²) in [6, 6.07) is 9.53. The van der Waals surface area contributed by atoms with Gasteiger partial charge in [0.1, 0.15) is 0 Å². The summed E-state index contributed by atoms with van der Waals surface area (Å²) in [5.74, 6) is -0.617. The molecule has 4 heteroatoms. The highest BCUT2D eigenvalue weighted by Crippen LogP contribution is 2.20. The molecule has 0 aliphatic rings. The van der Waals surface area contributed by atoms with E-state index in [2.05, 4.69) is 0 Å². The maximum absolute atomic E-state index is 11.8. The molecule has 0 amide bonds. The van der Waals surface area contributed by atoms with Gasteiger partial charge in [0, 0.05) is 12.5 Å². The molecule has 0 aromatic heterocycles. The minimum atomic E-state index is -0.373. The molecule has 4 nitrogen and oxygen atoms in total. The van der Waals surface area contributed by atoms with Crippen LogP contribution in [0.2, 0.25) is 0 Å². The van der Waals surface area contributed by atoms with Crippen molar-refractivity contribution in [2.45, 2.75) is 39.5 Å². The molecule has 1 aromatic carbocycles. The van der Waals surface area contributed by atoms with Gasteiger partial charge in [-0.05, 0) is 30.4 Å². The van der Waals surface area contributed by atoms with Crippen LogP contribution in [0.4, 0.5) is 0 Å². The van der Waals surface area contributed by atoms with Crippen LogP contribution in [0.25, 0.3) is 5.57 Å². The Hall–Kier alpha value is -2.10. The lowest BCUT2D eigenvalue weighted by Gasteiger charge is -2.08. The lowest BCUT2D eigenvalue weighted by molar-refractivity contribution is -0.143. The van der Waals surface area contributed by atoms with Gasteiger partial charge in [-0.25, -0.2) is 4.79 Å². The Balaban J connectivity index is 2.73. The van der Waals surface area contributed by atoms with Gasteiger partial charge in [-0.3, -0.25) is 4.79 Å². The first-order valence-corrected chi connectivity index (χ1v) is 7.75. The van der Waals surface area contributed by atoms with Crippen LogP contribution in [0.1, 0.15) is 45.1 Å². The largest absolute Gasteiger partial charge is 0.466 e. The Morgan fingerprint density at radius 1 is 0.955 bits per heavy atom. The lowest BCUT2D eigenvalue weighted by atomic mass is 10.0. The first kappa shape index (κ1) is 18.0. The van der Waals surface area contributed by atoms with Gasteiger partial charge in [-0.15, -0.1) is 0 Å². The summed E-state index contributed by atoms with van der Waals surface area (Å²) < 4.78 is 10.1. The Kier molecular flexibility index (Phi) is 8.65. The third-order valence-electron chi connectivity index (χ3n) is 2.95. The molecule has 0 unspecified atom stereocenters. The van der Waals surface area contributed by atoms with Crippen LogP contribution in [-0.2, 0) is 19.1 Å². The zero-order valence-electron chi connectivity index (χ0n) is 13.3. The molecule has 0 aliphatic heterocycles. The SMILES string of the molecule is CCCOC(=O)/C=C(/CCC(=O)OCCC)c1ccccc1. The average Bonchev–Trinajstić information content (AvgIpc) is 2.55. The number of esters is 2. The van der Waals surface area contributed by atoms with Gasteiger partial charge < -0.3 is 9.47 Å². The molecule has 0 atom stereocenters. The first-order chi connectivity index (χ1) is 10.7. The molecular formula is C18H24O4. The van der Waals surface area contributed by atoms with Crippen LogP contribution in [-0.4, -0.2) is 25.2 Å². The molecular weight excluding hydrogens is 280 g/mol. The fourth-order valence-corrected chi connectivity index (χ4v) is 1.86. The third kappa shape index (κ3) is 7.07. The molecule has 0 fully saturated rings. The molecule has 0 saturated heterocycles. The molecule has 0 N–H and O–H groups in total. The van der Waals surface area contributed by atoms with Gasteiger partial charge >= 0.3 is 11.9 Å². The van der Waals surface area contributed by atoms with Crippen LogP contribution < -0.4 is 0 Å². The number of hydrogen-bond acceptors (Lipinski definition) is 4. The number of hydrogen-bond donors (Lipinski definition) is 0. The minimum absolute atomic E-state index is 0.245. The third-order valence-corrected chi connectivity index (χ3v) is 2.95. The maximum atomic E-state index is 11.8. The summed E-state index contributed by atoms with van der Waals surface area (Å²) in [4.78, 5) is 23.4. The van der Waals surface area contributed by atoms with Crippen molar-refractivity contribution in [1.29, 1.82) is 0 Å². The molecule has 0 spiro atoms.